The highest BCUT2D eigenvalue weighted by Crippen LogP contribution is 2.20. The molecule has 3 rings (SSSR count). The zero-order valence-corrected chi connectivity index (χ0v) is 14.1. The van der Waals surface area contributed by atoms with E-state index in [0.717, 1.165) is 10.0 Å². The molecule has 0 saturated carbocycles. The second kappa shape index (κ2) is 6.93. The molecule has 0 aliphatic carbocycles. The van der Waals surface area contributed by atoms with Crippen LogP contribution in [0.2, 0.25) is 5.02 Å². The van der Waals surface area contributed by atoms with E-state index in [1.165, 1.54) is 0 Å². The molecule has 0 bridgehead atoms. The molecule has 0 unspecified atom stereocenters. The van der Waals surface area contributed by atoms with Crippen molar-refractivity contribution < 1.29 is 9.32 Å². The van der Waals surface area contributed by atoms with Crippen LogP contribution in [0.15, 0.2) is 57.5 Å². The topological polar surface area (TPSA) is 68.0 Å². The van der Waals surface area contributed by atoms with Crippen LogP contribution in [0.25, 0.3) is 11.4 Å². The van der Waals surface area contributed by atoms with E-state index in [4.69, 9.17) is 16.1 Å². The fourth-order valence-electron chi connectivity index (χ4n) is 1.97. The van der Waals surface area contributed by atoms with E-state index in [0.29, 0.717) is 22.3 Å². The Morgan fingerprint density at radius 2 is 2.04 bits per heavy atom. The molecule has 1 heterocycles. The Kier molecular flexibility index (Phi) is 4.73. The van der Waals surface area contributed by atoms with Gasteiger partial charge >= 0.3 is 0 Å². The van der Waals surface area contributed by atoms with E-state index in [9.17, 15) is 4.79 Å². The summed E-state index contributed by atoms with van der Waals surface area (Å²) in [5.41, 5.74) is 1.30. The van der Waals surface area contributed by atoms with Crippen LogP contribution in [0.5, 0.6) is 0 Å². The third-order valence-electron chi connectivity index (χ3n) is 3.07. The van der Waals surface area contributed by atoms with Gasteiger partial charge in [-0.15, -0.1) is 0 Å². The Bertz CT molecular complexity index is 851. The summed E-state index contributed by atoms with van der Waals surface area (Å²) in [4.78, 5) is 16.4. The number of hydrogen-bond donors (Lipinski definition) is 1. The summed E-state index contributed by atoms with van der Waals surface area (Å²) in [6.07, 6.45) is 0. The van der Waals surface area contributed by atoms with Crippen molar-refractivity contribution in [1.29, 1.82) is 0 Å². The molecule has 0 radical (unpaired) electrons. The van der Waals surface area contributed by atoms with Crippen molar-refractivity contribution in [2.24, 2.45) is 0 Å². The standard InChI is InChI=1S/C16H11BrClN3O2/c17-13-7-2-1-6-12(13)16(22)19-9-14-20-15(21-23-14)10-4-3-5-11(18)8-10/h1-8H,9H2,(H,19,22). The van der Waals surface area contributed by atoms with Crippen LogP contribution in [0.3, 0.4) is 0 Å². The highest BCUT2D eigenvalue weighted by molar-refractivity contribution is 9.10. The van der Waals surface area contributed by atoms with Gasteiger partial charge in [-0.2, -0.15) is 4.98 Å². The molecule has 0 fully saturated rings. The molecule has 0 spiro atoms. The average molecular weight is 393 g/mol. The minimum absolute atomic E-state index is 0.147. The van der Waals surface area contributed by atoms with Crippen LogP contribution in [-0.4, -0.2) is 16.0 Å². The van der Waals surface area contributed by atoms with E-state index < -0.39 is 0 Å². The molecular formula is C16H11BrClN3O2. The van der Waals surface area contributed by atoms with E-state index in [1.807, 2.05) is 18.2 Å². The van der Waals surface area contributed by atoms with Gasteiger partial charge in [0, 0.05) is 15.1 Å². The first-order chi connectivity index (χ1) is 11.1. The maximum atomic E-state index is 12.1. The third kappa shape index (κ3) is 3.78. The molecular weight excluding hydrogens is 382 g/mol. The van der Waals surface area contributed by atoms with E-state index >= 15 is 0 Å². The molecule has 1 N–H and O–H groups in total. The molecule has 23 heavy (non-hydrogen) atoms. The molecule has 2 aromatic carbocycles. The van der Waals surface area contributed by atoms with E-state index in [2.05, 4.69) is 31.4 Å². The van der Waals surface area contributed by atoms with Gasteiger partial charge in [0.1, 0.15) is 0 Å². The maximum Gasteiger partial charge on any atom is 0.252 e. The monoisotopic (exact) mass is 391 g/mol. The van der Waals surface area contributed by atoms with Gasteiger partial charge < -0.3 is 9.84 Å². The molecule has 1 amide bonds. The smallest absolute Gasteiger partial charge is 0.252 e. The molecule has 3 aromatic rings. The Balaban J connectivity index is 1.68. The second-order valence-electron chi connectivity index (χ2n) is 4.68. The molecule has 0 atom stereocenters. The van der Waals surface area contributed by atoms with Gasteiger partial charge in [0.2, 0.25) is 11.7 Å². The zero-order valence-electron chi connectivity index (χ0n) is 11.8. The largest absolute Gasteiger partial charge is 0.343 e. The lowest BCUT2D eigenvalue weighted by molar-refractivity contribution is 0.0945. The highest BCUT2D eigenvalue weighted by Gasteiger charge is 2.12. The first kappa shape index (κ1) is 15.7. The molecule has 0 saturated heterocycles. The molecule has 5 nitrogen and oxygen atoms in total. The summed E-state index contributed by atoms with van der Waals surface area (Å²) in [7, 11) is 0. The lowest BCUT2D eigenvalue weighted by atomic mass is 10.2. The van der Waals surface area contributed by atoms with Crippen molar-refractivity contribution >= 4 is 33.4 Å². The van der Waals surface area contributed by atoms with Crippen molar-refractivity contribution in [3.63, 3.8) is 0 Å². The first-order valence-corrected chi connectivity index (χ1v) is 7.92. The Morgan fingerprint density at radius 3 is 2.83 bits per heavy atom. The van der Waals surface area contributed by atoms with Gasteiger partial charge in [-0.25, -0.2) is 0 Å². The number of rotatable bonds is 4. The summed E-state index contributed by atoms with van der Waals surface area (Å²) in [6, 6.07) is 14.3. The maximum absolute atomic E-state index is 12.1. The van der Waals surface area contributed by atoms with Crippen molar-refractivity contribution in [3.8, 4) is 11.4 Å². The average Bonchev–Trinajstić information content (AvgIpc) is 3.02. The number of carbonyl (C=O) groups excluding carboxylic acids is 1. The van der Waals surface area contributed by atoms with E-state index in [-0.39, 0.29) is 12.5 Å². The van der Waals surface area contributed by atoms with Gasteiger partial charge in [0.15, 0.2) is 0 Å². The fraction of sp³-hybridized carbons (Fsp3) is 0.0625. The third-order valence-corrected chi connectivity index (χ3v) is 4.00. The minimum Gasteiger partial charge on any atom is -0.343 e. The normalized spacial score (nSPS) is 10.5. The number of nitrogens with one attached hydrogen (secondary N) is 1. The zero-order chi connectivity index (χ0) is 16.2. The van der Waals surface area contributed by atoms with Crippen LogP contribution < -0.4 is 5.32 Å². The predicted molar refractivity (Wildman–Crippen MR) is 90.1 cm³/mol. The fourth-order valence-corrected chi connectivity index (χ4v) is 2.62. The Hall–Kier alpha value is -2.18. The van der Waals surface area contributed by atoms with E-state index in [1.54, 1.807) is 30.3 Å². The van der Waals surface area contributed by atoms with Crippen molar-refractivity contribution in [1.82, 2.24) is 15.5 Å². The molecule has 7 heteroatoms. The minimum atomic E-state index is -0.222. The number of carbonyl (C=O) groups is 1. The lowest BCUT2D eigenvalue weighted by Gasteiger charge is -2.03. The van der Waals surface area contributed by atoms with Crippen molar-refractivity contribution in [3.05, 3.63) is 69.5 Å². The Labute approximate surface area is 145 Å². The molecule has 0 aliphatic heterocycles. The number of nitrogens with zero attached hydrogens (tertiary/aromatic N) is 2. The number of aromatic nitrogens is 2. The number of halogens is 2. The number of benzene rings is 2. The highest BCUT2D eigenvalue weighted by atomic mass is 79.9. The van der Waals surface area contributed by atoms with Crippen LogP contribution in [-0.2, 0) is 6.54 Å². The van der Waals surface area contributed by atoms with Crippen LogP contribution in [0.1, 0.15) is 16.2 Å². The van der Waals surface area contributed by atoms with Crippen LogP contribution in [0, 0.1) is 0 Å². The van der Waals surface area contributed by atoms with Gasteiger partial charge in [-0.3, -0.25) is 4.79 Å². The van der Waals surface area contributed by atoms with Crippen molar-refractivity contribution in [2.45, 2.75) is 6.54 Å². The van der Waals surface area contributed by atoms with Crippen LogP contribution in [0.4, 0.5) is 0 Å². The first-order valence-electron chi connectivity index (χ1n) is 6.75. The van der Waals surface area contributed by atoms with Gasteiger partial charge in [-0.05, 0) is 40.2 Å². The second-order valence-corrected chi connectivity index (χ2v) is 5.98. The predicted octanol–water partition coefficient (Wildman–Crippen LogP) is 4.08. The van der Waals surface area contributed by atoms with Gasteiger partial charge in [0.05, 0.1) is 12.1 Å². The quantitative estimate of drug-likeness (QED) is 0.726. The molecule has 116 valence electrons. The SMILES string of the molecule is O=C(NCc1nc(-c2cccc(Cl)c2)no1)c1ccccc1Br. The summed E-state index contributed by atoms with van der Waals surface area (Å²) >= 11 is 9.28. The lowest BCUT2D eigenvalue weighted by Crippen LogP contribution is -2.23. The van der Waals surface area contributed by atoms with Crippen molar-refractivity contribution in [2.75, 3.05) is 0 Å². The van der Waals surface area contributed by atoms with Gasteiger partial charge in [0.25, 0.3) is 5.91 Å². The number of amides is 1. The molecule has 0 aliphatic rings. The van der Waals surface area contributed by atoms with Gasteiger partial charge in [-0.1, -0.05) is 41.0 Å². The summed E-state index contributed by atoms with van der Waals surface area (Å²) in [5.74, 6) is 0.526. The number of hydrogen-bond acceptors (Lipinski definition) is 4. The summed E-state index contributed by atoms with van der Waals surface area (Å²) in [6.45, 7) is 0.147. The Morgan fingerprint density at radius 1 is 1.22 bits per heavy atom. The molecule has 1 aromatic heterocycles. The van der Waals surface area contributed by atoms with Crippen LogP contribution >= 0.6 is 27.5 Å². The summed E-state index contributed by atoms with van der Waals surface area (Å²) in [5, 5.41) is 7.23. The summed E-state index contributed by atoms with van der Waals surface area (Å²) < 4.78 is 5.87.